The van der Waals surface area contributed by atoms with Gasteiger partial charge in [0.2, 0.25) is 0 Å². The number of nitrogens with zero attached hydrogens (tertiary/aromatic N) is 2. The Morgan fingerprint density at radius 1 is 1.29 bits per heavy atom. The van der Waals surface area contributed by atoms with Gasteiger partial charge >= 0.3 is 0 Å². The van der Waals surface area contributed by atoms with Crippen LogP contribution in [-0.2, 0) is 4.74 Å². The Labute approximate surface area is 123 Å². The largest absolute Gasteiger partial charge is 0.395 e. The summed E-state index contributed by atoms with van der Waals surface area (Å²) in [5.41, 5.74) is 1.84. The molecular weight excluding hydrogens is 270 g/mol. The van der Waals surface area contributed by atoms with E-state index in [2.05, 4.69) is 15.5 Å². The van der Waals surface area contributed by atoms with E-state index < -0.39 is 0 Å². The van der Waals surface area contributed by atoms with E-state index in [0.29, 0.717) is 19.0 Å². The lowest BCUT2D eigenvalue weighted by Crippen LogP contribution is -2.16. The topological polar surface area (TPSA) is 80.4 Å². The smallest absolute Gasteiger partial charge is 0.257 e. The minimum Gasteiger partial charge on any atom is -0.395 e. The number of hydrogen-bond donors (Lipinski definition) is 2. The summed E-state index contributed by atoms with van der Waals surface area (Å²) in [6, 6.07) is 7.71. The maximum atomic E-state index is 8.78. The van der Waals surface area contributed by atoms with Crippen molar-refractivity contribution in [3.8, 4) is 11.5 Å². The third-order valence-corrected chi connectivity index (χ3v) is 3.54. The van der Waals surface area contributed by atoms with Crippen LogP contribution in [0, 0.1) is 0 Å². The summed E-state index contributed by atoms with van der Waals surface area (Å²) in [4.78, 5) is 4.48. The number of benzene rings is 1. The fraction of sp³-hybridized carbons (Fsp3) is 0.467. The normalized spacial score (nSPS) is 18.6. The lowest BCUT2D eigenvalue weighted by molar-refractivity contribution is 0.0773. The Hall–Kier alpha value is -1.92. The lowest BCUT2D eigenvalue weighted by Gasteiger charge is -2.18. The number of anilines is 1. The molecule has 0 saturated carbocycles. The number of rotatable bonds is 5. The van der Waals surface area contributed by atoms with Gasteiger partial charge in [-0.15, -0.1) is 0 Å². The number of hydrogen-bond acceptors (Lipinski definition) is 6. The lowest BCUT2D eigenvalue weighted by atomic mass is 10.0. The molecule has 1 atom stereocenters. The van der Waals surface area contributed by atoms with Crippen molar-refractivity contribution in [2.45, 2.75) is 18.8 Å². The van der Waals surface area contributed by atoms with Crippen LogP contribution < -0.4 is 5.32 Å². The van der Waals surface area contributed by atoms with Crippen LogP contribution in [0.4, 0.5) is 5.69 Å². The molecule has 2 aromatic rings. The molecule has 1 aromatic carbocycles. The maximum Gasteiger partial charge on any atom is 0.257 e. The van der Waals surface area contributed by atoms with Crippen molar-refractivity contribution in [3.05, 3.63) is 30.1 Å². The molecule has 21 heavy (non-hydrogen) atoms. The first-order chi connectivity index (χ1) is 10.4. The standard InChI is InChI=1S/C15H19N3O3/c19-8-7-16-13-5-3-11(4-6-13)15-17-14(18-21-15)12-2-1-9-20-10-12/h3-6,12,16,19H,1-2,7-10H2. The van der Waals surface area contributed by atoms with Gasteiger partial charge in [0.1, 0.15) is 0 Å². The highest BCUT2D eigenvalue weighted by atomic mass is 16.5. The zero-order valence-electron chi connectivity index (χ0n) is 11.8. The van der Waals surface area contributed by atoms with Crippen molar-refractivity contribution in [1.29, 1.82) is 0 Å². The summed E-state index contributed by atoms with van der Waals surface area (Å²) in [7, 11) is 0. The first-order valence-corrected chi connectivity index (χ1v) is 7.23. The van der Waals surface area contributed by atoms with Gasteiger partial charge in [0.05, 0.1) is 13.2 Å². The highest BCUT2D eigenvalue weighted by Gasteiger charge is 2.21. The van der Waals surface area contributed by atoms with Crippen molar-refractivity contribution in [2.24, 2.45) is 0 Å². The molecule has 1 aromatic heterocycles. The van der Waals surface area contributed by atoms with Crippen LogP contribution in [0.1, 0.15) is 24.6 Å². The molecule has 0 bridgehead atoms. The summed E-state index contributed by atoms with van der Waals surface area (Å²) >= 11 is 0. The molecule has 1 unspecified atom stereocenters. The number of nitrogens with one attached hydrogen (secondary N) is 1. The van der Waals surface area contributed by atoms with E-state index in [9.17, 15) is 0 Å². The molecule has 1 fully saturated rings. The Morgan fingerprint density at radius 2 is 2.14 bits per heavy atom. The molecule has 112 valence electrons. The SMILES string of the molecule is OCCNc1ccc(-c2nc(C3CCCOC3)no2)cc1. The van der Waals surface area contributed by atoms with Gasteiger partial charge in [-0.25, -0.2) is 0 Å². The van der Waals surface area contributed by atoms with Gasteiger partial charge in [-0.1, -0.05) is 5.16 Å². The molecular formula is C15H19N3O3. The van der Waals surface area contributed by atoms with E-state index in [4.69, 9.17) is 14.4 Å². The zero-order chi connectivity index (χ0) is 14.5. The first kappa shape index (κ1) is 14.0. The average molecular weight is 289 g/mol. The Bertz CT molecular complexity index is 562. The number of aliphatic hydroxyl groups is 1. The zero-order valence-corrected chi connectivity index (χ0v) is 11.8. The monoisotopic (exact) mass is 289 g/mol. The van der Waals surface area contributed by atoms with Crippen molar-refractivity contribution in [3.63, 3.8) is 0 Å². The fourth-order valence-electron chi connectivity index (χ4n) is 2.39. The van der Waals surface area contributed by atoms with E-state index in [1.807, 2.05) is 24.3 Å². The molecule has 1 aliphatic heterocycles. The third-order valence-electron chi connectivity index (χ3n) is 3.54. The predicted molar refractivity (Wildman–Crippen MR) is 78.1 cm³/mol. The molecule has 2 heterocycles. The van der Waals surface area contributed by atoms with Gasteiger partial charge in [-0.2, -0.15) is 4.98 Å². The van der Waals surface area contributed by atoms with Gasteiger partial charge in [-0.05, 0) is 37.1 Å². The van der Waals surface area contributed by atoms with Crippen LogP contribution >= 0.6 is 0 Å². The van der Waals surface area contributed by atoms with Gasteiger partial charge in [0, 0.05) is 30.3 Å². The molecule has 1 saturated heterocycles. The van der Waals surface area contributed by atoms with Crippen LogP contribution in [0.15, 0.2) is 28.8 Å². The minimum atomic E-state index is 0.109. The van der Waals surface area contributed by atoms with E-state index in [1.54, 1.807) is 0 Å². The van der Waals surface area contributed by atoms with Crippen molar-refractivity contribution in [2.75, 3.05) is 31.7 Å². The molecule has 0 aliphatic carbocycles. The second-order valence-corrected chi connectivity index (χ2v) is 5.10. The summed E-state index contributed by atoms with van der Waals surface area (Å²) in [5.74, 6) is 1.50. The average Bonchev–Trinajstić information content (AvgIpc) is 3.04. The summed E-state index contributed by atoms with van der Waals surface area (Å²) in [6.07, 6.45) is 2.09. The van der Waals surface area contributed by atoms with Crippen molar-refractivity contribution in [1.82, 2.24) is 10.1 Å². The van der Waals surface area contributed by atoms with E-state index in [0.717, 1.165) is 36.5 Å². The van der Waals surface area contributed by atoms with Crippen LogP contribution in [0.25, 0.3) is 11.5 Å². The Balaban J connectivity index is 1.70. The van der Waals surface area contributed by atoms with Gasteiger partial charge < -0.3 is 19.7 Å². The van der Waals surface area contributed by atoms with Crippen LogP contribution in [0.2, 0.25) is 0 Å². The fourth-order valence-corrected chi connectivity index (χ4v) is 2.39. The number of ether oxygens (including phenoxy) is 1. The number of aliphatic hydroxyl groups excluding tert-OH is 1. The van der Waals surface area contributed by atoms with Crippen LogP contribution in [-0.4, -0.2) is 41.6 Å². The van der Waals surface area contributed by atoms with Crippen molar-refractivity contribution < 1.29 is 14.4 Å². The molecule has 0 amide bonds. The van der Waals surface area contributed by atoms with Crippen LogP contribution in [0.3, 0.4) is 0 Å². The number of aromatic nitrogens is 2. The second-order valence-electron chi connectivity index (χ2n) is 5.10. The Morgan fingerprint density at radius 3 is 2.86 bits per heavy atom. The molecule has 6 heteroatoms. The predicted octanol–water partition coefficient (Wildman–Crippen LogP) is 2.03. The van der Waals surface area contributed by atoms with Gasteiger partial charge in [-0.3, -0.25) is 0 Å². The molecule has 1 aliphatic rings. The minimum absolute atomic E-state index is 0.109. The molecule has 0 radical (unpaired) electrons. The summed E-state index contributed by atoms with van der Waals surface area (Å²) in [6.45, 7) is 2.14. The first-order valence-electron chi connectivity index (χ1n) is 7.23. The van der Waals surface area contributed by atoms with E-state index in [1.165, 1.54) is 0 Å². The molecule has 6 nitrogen and oxygen atoms in total. The summed E-state index contributed by atoms with van der Waals surface area (Å²) in [5, 5.41) is 16.0. The third kappa shape index (κ3) is 3.40. The molecule has 0 spiro atoms. The van der Waals surface area contributed by atoms with Crippen molar-refractivity contribution >= 4 is 5.69 Å². The van der Waals surface area contributed by atoms with E-state index in [-0.39, 0.29) is 12.5 Å². The molecule has 3 rings (SSSR count). The maximum absolute atomic E-state index is 8.78. The summed E-state index contributed by atoms with van der Waals surface area (Å²) < 4.78 is 10.8. The van der Waals surface area contributed by atoms with Gasteiger partial charge in [0.15, 0.2) is 5.82 Å². The highest BCUT2D eigenvalue weighted by Crippen LogP contribution is 2.26. The van der Waals surface area contributed by atoms with Crippen LogP contribution in [0.5, 0.6) is 0 Å². The quantitative estimate of drug-likeness (QED) is 0.876. The Kier molecular flexibility index (Phi) is 4.47. The van der Waals surface area contributed by atoms with Gasteiger partial charge in [0.25, 0.3) is 5.89 Å². The second kappa shape index (κ2) is 6.69. The molecule has 2 N–H and O–H groups in total. The highest BCUT2D eigenvalue weighted by molar-refractivity contribution is 5.58. The van der Waals surface area contributed by atoms with E-state index >= 15 is 0 Å².